The van der Waals surface area contributed by atoms with E-state index in [-0.39, 0.29) is 5.75 Å². The molecule has 0 bridgehead atoms. The monoisotopic (exact) mass is 282 g/mol. The molecular weight excluding hydrogens is 264 g/mol. The molecule has 0 saturated carbocycles. The number of aromatic hydroxyl groups is 1. The zero-order valence-corrected chi connectivity index (χ0v) is 12.1. The second kappa shape index (κ2) is 5.02. The fourth-order valence-corrected chi connectivity index (χ4v) is 2.88. The van der Waals surface area contributed by atoms with Crippen LogP contribution in [0.2, 0.25) is 0 Å². The van der Waals surface area contributed by atoms with Crippen LogP contribution in [0.25, 0.3) is 11.1 Å². The Kier molecular flexibility index (Phi) is 3.32. The summed E-state index contributed by atoms with van der Waals surface area (Å²) in [5, 5.41) is 19.8. The smallest absolute Gasteiger partial charge is 0.183 e. The number of hydrogen-bond acceptors (Lipinski definition) is 3. The summed E-state index contributed by atoms with van der Waals surface area (Å²) < 4.78 is 5.73. The Morgan fingerprint density at radius 2 is 1.52 bits per heavy atom. The lowest BCUT2D eigenvalue weighted by Gasteiger charge is -2.22. The van der Waals surface area contributed by atoms with Crippen molar-refractivity contribution >= 4 is 11.1 Å². The summed E-state index contributed by atoms with van der Waals surface area (Å²) in [6.07, 6.45) is -0.953. The predicted molar refractivity (Wildman–Crippen MR) is 82.5 cm³/mol. The van der Waals surface area contributed by atoms with E-state index in [4.69, 9.17) is 4.74 Å². The van der Waals surface area contributed by atoms with E-state index in [2.05, 4.69) is 0 Å². The molecule has 0 amide bonds. The summed E-state index contributed by atoms with van der Waals surface area (Å²) in [4.78, 5) is 0. The van der Waals surface area contributed by atoms with Crippen LogP contribution in [-0.4, -0.2) is 22.1 Å². The van der Waals surface area contributed by atoms with Gasteiger partial charge in [0.2, 0.25) is 0 Å². The van der Waals surface area contributed by atoms with Gasteiger partial charge in [-0.25, -0.2) is 0 Å². The maximum atomic E-state index is 10.3. The number of aliphatic hydroxyl groups is 1. The van der Waals surface area contributed by atoms with Gasteiger partial charge >= 0.3 is 0 Å². The number of phenolic OH excluding ortho intramolecular Hbond substituents is 1. The zero-order valence-electron chi connectivity index (χ0n) is 12.1. The molecule has 2 N–H and O–H groups in total. The molecule has 3 rings (SSSR count). The van der Waals surface area contributed by atoms with Crippen LogP contribution in [0, 0.1) is 0 Å². The maximum absolute atomic E-state index is 10.3. The molecule has 1 atom stereocenters. The van der Waals surface area contributed by atoms with E-state index < -0.39 is 11.9 Å². The molecule has 0 spiro atoms. The summed E-state index contributed by atoms with van der Waals surface area (Å²) in [5.41, 5.74) is 3.01. The Hall–Kier alpha value is -2.10. The highest BCUT2D eigenvalue weighted by molar-refractivity contribution is 5.97. The lowest BCUT2D eigenvalue weighted by molar-refractivity contribution is -0.101. The molecule has 21 heavy (non-hydrogen) atoms. The number of aliphatic hydroxyl groups excluding tert-OH is 1. The molecule has 1 aliphatic rings. The van der Waals surface area contributed by atoms with E-state index >= 15 is 0 Å². The van der Waals surface area contributed by atoms with Crippen LogP contribution in [0.3, 0.4) is 0 Å². The Morgan fingerprint density at radius 3 is 2.14 bits per heavy atom. The van der Waals surface area contributed by atoms with E-state index in [1.54, 1.807) is 12.1 Å². The minimum atomic E-state index is -0.953. The van der Waals surface area contributed by atoms with E-state index in [9.17, 15) is 10.2 Å². The molecule has 3 heteroatoms. The molecule has 2 aromatic rings. The molecule has 1 aliphatic heterocycles. The number of benzene rings is 2. The van der Waals surface area contributed by atoms with Gasteiger partial charge in [-0.3, -0.25) is 0 Å². The molecule has 3 nitrogen and oxygen atoms in total. The van der Waals surface area contributed by atoms with Crippen LogP contribution in [0.4, 0.5) is 0 Å². The molecule has 0 radical (unpaired) electrons. The topological polar surface area (TPSA) is 49.7 Å². The summed E-state index contributed by atoms with van der Waals surface area (Å²) in [7, 11) is 0. The number of rotatable bonds is 2. The molecule has 1 unspecified atom stereocenters. The number of ether oxygens (including phenoxy) is 1. The highest BCUT2D eigenvalue weighted by Crippen LogP contribution is 2.45. The van der Waals surface area contributed by atoms with Crippen LogP contribution >= 0.6 is 0 Å². The average Bonchev–Trinajstić information content (AvgIpc) is 2.70. The van der Waals surface area contributed by atoms with Gasteiger partial charge in [-0.1, -0.05) is 42.5 Å². The quantitative estimate of drug-likeness (QED) is 0.887. The first-order chi connectivity index (χ1) is 9.99. The van der Waals surface area contributed by atoms with Crippen molar-refractivity contribution in [1.29, 1.82) is 0 Å². The Morgan fingerprint density at radius 1 is 0.905 bits per heavy atom. The van der Waals surface area contributed by atoms with Crippen molar-refractivity contribution in [2.75, 3.05) is 0 Å². The fraction of sp³-hybridized carbons (Fsp3) is 0.222. The fourth-order valence-electron chi connectivity index (χ4n) is 2.88. The molecule has 0 aromatic heterocycles. The average molecular weight is 282 g/mol. The number of hydrogen-bond donors (Lipinski definition) is 2. The first-order valence-electron chi connectivity index (χ1n) is 6.94. The van der Waals surface area contributed by atoms with Gasteiger partial charge in [-0.2, -0.15) is 0 Å². The highest BCUT2D eigenvalue weighted by atomic mass is 16.6. The van der Waals surface area contributed by atoms with Crippen molar-refractivity contribution in [3.05, 3.63) is 65.7 Å². The predicted octanol–water partition coefficient (Wildman–Crippen LogP) is 3.43. The minimum Gasteiger partial charge on any atom is -0.508 e. The Labute approximate surface area is 124 Å². The summed E-state index contributed by atoms with van der Waals surface area (Å²) in [6, 6.07) is 16.7. The summed E-state index contributed by atoms with van der Waals surface area (Å²) in [5.74, 6) is 0.220. The number of phenols is 1. The van der Waals surface area contributed by atoms with Crippen molar-refractivity contribution in [2.45, 2.75) is 25.7 Å². The Bertz CT molecular complexity index is 669. The molecule has 108 valence electrons. The molecule has 0 saturated heterocycles. The van der Waals surface area contributed by atoms with E-state index in [0.717, 1.165) is 22.3 Å². The third-order valence-electron chi connectivity index (χ3n) is 3.77. The summed E-state index contributed by atoms with van der Waals surface area (Å²) >= 11 is 0. The van der Waals surface area contributed by atoms with E-state index in [0.29, 0.717) is 0 Å². The summed E-state index contributed by atoms with van der Waals surface area (Å²) in [6.45, 7) is 3.88. The van der Waals surface area contributed by atoms with Crippen molar-refractivity contribution in [3.63, 3.8) is 0 Å². The van der Waals surface area contributed by atoms with Crippen LogP contribution in [-0.2, 0) is 4.74 Å². The normalized spacial score (nSPS) is 20.8. The van der Waals surface area contributed by atoms with Crippen LogP contribution < -0.4 is 0 Å². The third-order valence-corrected chi connectivity index (χ3v) is 3.77. The molecule has 1 heterocycles. The van der Waals surface area contributed by atoms with Gasteiger partial charge < -0.3 is 14.9 Å². The molecule has 0 fully saturated rings. The van der Waals surface area contributed by atoms with Gasteiger partial charge in [-0.05, 0) is 42.7 Å². The van der Waals surface area contributed by atoms with Gasteiger partial charge in [0.15, 0.2) is 6.29 Å². The molecule has 0 aliphatic carbocycles. The van der Waals surface area contributed by atoms with Crippen molar-refractivity contribution in [1.82, 2.24) is 0 Å². The van der Waals surface area contributed by atoms with Crippen LogP contribution in [0.1, 0.15) is 25.0 Å². The lowest BCUT2D eigenvalue weighted by Crippen LogP contribution is -2.23. The highest BCUT2D eigenvalue weighted by Gasteiger charge is 2.40. The SMILES string of the molecule is CC1(C)OC(O)C(c2ccccc2)=C1c1ccc(O)cc1. The maximum Gasteiger partial charge on any atom is 0.183 e. The second-order valence-corrected chi connectivity index (χ2v) is 5.68. The van der Waals surface area contributed by atoms with Crippen LogP contribution in [0.15, 0.2) is 54.6 Å². The standard InChI is InChI=1S/C18H18O3/c1-18(2)16(13-8-10-14(19)11-9-13)15(17(20)21-18)12-6-4-3-5-7-12/h3-11,17,19-20H,1-2H3. The molecule has 2 aromatic carbocycles. The minimum absolute atomic E-state index is 0.220. The zero-order chi connectivity index (χ0) is 15.0. The van der Waals surface area contributed by atoms with E-state index in [1.807, 2.05) is 56.3 Å². The van der Waals surface area contributed by atoms with Crippen LogP contribution in [0.5, 0.6) is 5.75 Å². The van der Waals surface area contributed by atoms with Gasteiger partial charge in [0, 0.05) is 5.57 Å². The van der Waals surface area contributed by atoms with Crippen molar-refractivity contribution in [3.8, 4) is 5.75 Å². The largest absolute Gasteiger partial charge is 0.508 e. The van der Waals surface area contributed by atoms with Gasteiger partial charge in [-0.15, -0.1) is 0 Å². The molecular formula is C18H18O3. The van der Waals surface area contributed by atoms with E-state index in [1.165, 1.54) is 0 Å². The van der Waals surface area contributed by atoms with Gasteiger partial charge in [0.1, 0.15) is 5.75 Å². The van der Waals surface area contributed by atoms with Gasteiger partial charge in [0.25, 0.3) is 0 Å². The van der Waals surface area contributed by atoms with Crippen molar-refractivity contribution < 1.29 is 14.9 Å². The Balaban J connectivity index is 2.22. The third kappa shape index (κ3) is 2.46. The lowest BCUT2D eigenvalue weighted by atomic mass is 9.87. The second-order valence-electron chi connectivity index (χ2n) is 5.68. The first-order valence-corrected chi connectivity index (χ1v) is 6.94. The van der Waals surface area contributed by atoms with Gasteiger partial charge in [0.05, 0.1) is 5.60 Å². The van der Waals surface area contributed by atoms with Crippen molar-refractivity contribution in [2.24, 2.45) is 0 Å². The first kappa shape index (κ1) is 13.9.